The Labute approximate surface area is 111 Å². The number of hydrogen-bond acceptors (Lipinski definition) is 2. The van der Waals surface area contributed by atoms with Gasteiger partial charge in [-0.25, -0.2) is 4.39 Å². The van der Waals surface area contributed by atoms with Gasteiger partial charge in [0.1, 0.15) is 5.58 Å². The van der Waals surface area contributed by atoms with Crippen molar-refractivity contribution >= 4 is 22.6 Å². The van der Waals surface area contributed by atoms with E-state index in [0.29, 0.717) is 12.1 Å². The van der Waals surface area contributed by atoms with E-state index in [1.54, 1.807) is 24.5 Å². The van der Waals surface area contributed by atoms with Gasteiger partial charge in [0.2, 0.25) is 0 Å². The summed E-state index contributed by atoms with van der Waals surface area (Å²) in [5.41, 5.74) is -0.241. The summed E-state index contributed by atoms with van der Waals surface area (Å²) in [6.45, 7) is 4.47. The zero-order valence-electron chi connectivity index (χ0n) is 10.5. The fourth-order valence-electron chi connectivity index (χ4n) is 2.14. The molecule has 1 aromatic heterocycles. The Balaban J connectivity index is 2.41. The SMILES string of the molecule is CCNC(C)C(F)(CCl)c1ccc2occc2c1. The average Bonchev–Trinajstić information content (AvgIpc) is 2.85. The molecule has 2 rings (SSSR count). The summed E-state index contributed by atoms with van der Waals surface area (Å²) < 4.78 is 20.3. The van der Waals surface area contributed by atoms with Gasteiger partial charge in [-0.3, -0.25) is 0 Å². The Hall–Kier alpha value is -1.06. The molecule has 0 spiro atoms. The number of alkyl halides is 2. The number of furan rings is 1. The number of likely N-dealkylation sites (N-methyl/N-ethyl adjacent to an activating group) is 1. The van der Waals surface area contributed by atoms with Crippen LogP contribution in [0.3, 0.4) is 0 Å². The standard InChI is InChI=1S/C14H17ClFNO/c1-3-17-10(2)14(16,9-15)12-4-5-13-11(8-12)6-7-18-13/h4-8,10,17H,3,9H2,1-2H3. The topological polar surface area (TPSA) is 25.2 Å². The van der Waals surface area contributed by atoms with E-state index in [1.807, 2.05) is 19.9 Å². The number of fused-ring (bicyclic) bond motifs is 1. The van der Waals surface area contributed by atoms with Gasteiger partial charge in [-0.05, 0) is 37.2 Å². The molecule has 1 aromatic carbocycles. The second-order valence-corrected chi connectivity index (χ2v) is 4.72. The number of halogens is 2. The lowest BCUT2D eigenvalue weighted by Crippen LogP contribution is -2.45. The van der Waals surface area contributed by atoms with E-state index >= 15 is 4.39 Å². The minimum absolute atomic E-state index is 0.0788. The van der Waals surface area contributed by atoms with Crippen molar-refractivity contribution in [3.8, 4) is 0 Å². The van der Waals surface area contributed by atoms with E-state index < -0.39 is 5.67 Å². The highest BCUT2D eigenvalue weighted by atomic mass is 35.5. The van der Waals surface area contributed by atoms with Crippen LogP contribution >= 0.6 is 11.6 Å². The third-order valence-corrected chi connectivity index (χ3v) is 3.71. The van der Waals surface area contributed by atoms with Gasteiger partial charge < -0.3 is 9.73 Å². The van der Waals surface area contributed by atoms with Gasteiger partial charge in [-0.1, -0.05) is 13.0 Å². The maximum absolute atomic E-state index is 15.0. The van der Waals surface area contributed by atoms with Crippen molar-refractivity contribution in [2.24, 2.45) is 0 Å². The number of benzene rings is 1. The van der Waals surface area contributed by atoms with Crippen LogP contribution in [-0.2, 0) is 5.67 Å². The summed E-state index contributed by atoms with van der Waals surface area (Å²) in [7, 11) is 0. The number of nitrogens with one attached hydrogen (secondary N) is 1. The van der Waals surface area contributed by atoms with E-state index in [9.17, 15) is 0 Å². The van der Waals surface area contributed by atoms with Crippen LogP contribution in [0.4, 0.5) is 4.39 Å². The molecule has 0 aliphatic rings. The molecule has 2 nitrogen and oxygen atoms in total. The molecule has 0 saturated carbocycles. The fraction of sp³-hybridized carbons (Fsp3) is 0.429. The Bertz CT molecular complexity index is 527. The van der Waals surface area contributed by atoms with Crippen molar-refractivity contribution in [1.82, 2.24) is 5.32 Å². The molecule has 4 heteroatoms. The van der Waals surface area contributed by atoms with E-state index in [2.05, 4.69) is 5.32 Å². The van der Waals surface area contributed by atoms with Gasteiger partial charge >= 0.3 is 0 Å². The third kappa shape index (κ3) is 2.25. The molecule has 2 atom stereocenters. The summed E-state index contributed by atoms with van der Waals surface area (Å²) in [6.07, 6.45) is 1.60. The first-order valence-electron chi connectivity index (χ1n) is 6.08. The van der Waals surface area contributed by atoms with E-state index in [1.165, 1.54) is 0 Å². The minimum Gasteiger partial charge on any atom is -0.464 e. The fourth-order valence-corrected chi connectivity index (χ4v) is 2.52. The van der Waals surface area contributed by atoms with E-state index in [0.717, 1.165) is 11.0 Å². The Kier molecular flexibility index (Phi) is 3.93. The van der Waals surface area contributed by atoms with Gasteiger partial charge in [0.25, 0.3) is 0 Å². The first-order valence-corrected chi connectivity index (χ1v) is 6.61. The van der Waals surface area contributed by atoms with E-state index in [4.69, 9.17) is 16.0 Å². The largest absolute Gasteiger partial charge is 0.464 e. The highest BCUT2D eigenvalue weighted by molar-refractivity contribution is 6.18. The maximum atomic E-state index is 15.0. The summed E-state index contributed by atoms with van der Waals surface area (Å²) in [4.78, 5) is 0. The Morgan fingerprint density at radius 3 is 2.89 bits per heavy atom. The van der Waals surface area contributed by atoms with Gasteiger partial charge in [0.15, 0.2) is 5.67 Å². The van der Waals surface area contributed by atoms with Crippen molar-refractivity contribution in [1.29, 1.82) is 0 Å². The molecule has 2 unspecified atom stereocenters. The van der Waals surface area contributed by atoms with Crippen molar-refractivity contribution in [2.45, 2.75) is 25.6 Å². The molecule has 0 amide bonds. The third-order valence-electron chi connectivity index (χ3n) is 3.32. The second-order valence-electron chi connectivity index (χ2n) is 4.45. The molecule has 1 heterocycles. The number of rotatable bonds is 5. The van der Waals surface area contributed by atoms with Crippen molar-refractivity contribution in [3.63, 3.8) is 0 Å². The summed E-state index contributed by atoms with van der Waals surface area (Å²) in [6, 6.07) is 6.80. The zero-order chi connectivity index (χ0) is 13.2. The number of hydrogen-bond donors (Lipinski definition) is 1. The Morgan fingerprint density at radius 2 is 2.22 bits per heavy atom. The molecule has 0 radical (unpaired) electrons. The molecule has 0 bridgehead atoms. The molecule has 2 aromatic rings. The summed E-state index contributed by atoms with van der Waals surface area (Å²) >= 11 is 5.86. The Morgan fingerprint density at radius 1 is 1.44 bits per heavy atom. The zero-order valence-corrected chi connectivity index (χ0v) is 11.3. The van der Waals surface area contributed by atoms with Crippen LogP contribution < -0.4 is 5.32 Å². The summed E-state index contributed by atoms with van der Waals surface area (Å²) in [5, 5.41) is 3.99. The summed E-state index contributed by atoms with van der Waals surface area (Å²) in [5.74, 6) is -0.0788. The van der Waals surface area contributed by atoms with Crippen LogP contribution in [0.15, 0.2) is 34.9 Å². The van der Waals surface area contributed by atoms with Gasteiger partial charge in [-0.2, -0.15) is 0 Å². The second kappa shape index (κ2) is 5.29. The van der Waals surface area contributed by atoms with Crippen molar-refractivity contribution in [2.75, 3.05) is 12.4 Å². The van der Waals surface area contributed by atoms with Crippen LogP contribution in [-0.4, -0.2) is 18.5 Å². The van der Waals surface area contributed by atoms with Crippen molar-refractivity contribution < 1.29 is 8.81 Å². The van der Waals surface area contributed by atoms with Crippen LogP contribution in [0.2, 0.25) is 0 Å². The first kappa shape index (κ1) is 13.4. The quantitative estimate of drug-likeness (QED) is 0.835. The molecule has 0 fully saturated rings. The average molecular weight is 270 g/mol. The van der Waals surface area contributed by atoms with Gasteiger partial charge in [0.05, 0.1) is 12.1 Å². The smallest absolute Gasteiger partial charge is 0.164 e. The lowest BCUT2D eigenvalue weighted by Gasteiger charge is -2.30. The molecule has 0 aliphatic heterocycles. The van der Waals surface area contributed by atoms with E-state index in [-0.39, 0.29) is 11.9 Å². The van der Waals surface area contributed by atoms with Gasteiger partial charge in [0, 0.05) is 11.4 Å². The van der Waals surface area contributed by atoms with Crippen LogP contribution in [0.1, 0.15) is 19.4 Å². The highest BCUT2D eigenvalue weighted by Gasteiger charge is 2.37. The van der Waals surface area contributed by atoms with Crippen molar-refractivity contribution in [3.05, 3.63) is 36.1 Å². The predicted octanol–water partition coefficient (Wildman–Crippen LogP) is 3.83. The molecular formula is C14H17ClFNO. The normalized spacial score (nSPS) is 16.7. The van der Waals surface area contributed by atoms with Gasteiger partial charge in [-0.15, -0.1) is 11.6 Å². The van der Waals surface area contributed by atoms with Crippen LogP contribution in [0.5, 0.6) is 0 Å². The highest BCUT2D eigenvalue weighted by Crippen LogP contribution is 2.33. The maximum Gasteiger partial charge on any atom is 0.164 e. The molecular weight excluding hydrogens is 253 g/mol. The molecule has 18 heavy (non-hydrogen) atoms. The molecule has 1 N–H and O–H groups in total. The minimum atomic E-state index is -1.58. The molecule has 0 aliphatic carbocycles. The van der Waals surface area contributed by atoms with Crippen LogP contribution in [0, 0.1) is 0 Å². The molecule has 98 valence electrons. The lowest BCUT2D eigenvalue weighted by atomic mass is 9.90. The first-order chi connectivity index (χ1) is 8.61. The molecule has 0 saturated heterocycles. The lowest BCUT2D eigenvalue weighted by molar-refractivity contribution is 0.141. The van der Waals surface area contributed by atoms with Crippen LogP contribution in [0.25, 0.3) is 11.0 Å². The predicted molar refractivity (Wildman–Crippen MR) is 72.9 cm³/mol. The monoisotopic (exact) mass is 269 g/mol.